The Morgan fingerprint density at radius 3 is 2.75 bits per heavy atom. The van der Waals surface area contributed by atoms with Crippen LogP contribution in [0.1, 0.15) is 6.92 Å². The Morgan fingerprint density at radius 1 is 1.58 bits per heavy atom. The van der Waals surface area contributed by atoms with E-state index in [1.165, 1.54) is 0 Å². The molecule has 12 heavy (non-hydrogen) atoms. The smallest absolute Gasteiger partial charge is 0.234 e. The van der Waals surface area contributed by atoms with Gasteiger partial charge in [0.2, 0.25) is 5.91 Å². The fourth-order valence-electron chi connectivity index (χ4n) is 0.652. The van der Waals surface area contributed by atoms with Crippen LogP contribution in [0.25, 0.3) is 0 Å². The van der Waals surface area contributed by atoms with Crippen molar-refractivity contribution in [3.63, 3.8) is 0 Å². The number of carbonyl (C=O) groups excluding carboxylic acids is 1. The van der Waals surface area contributed by atoms with Crippen molar-refractivity contribution in [1.82, 2.24) is 10.6 Å². The van der Waals surface area contributed by atoms with Gasteiger partial charge in [0.05, 0.1) is 6.54 Å². The maximum absolute atomic E-state index is 11.0. The van der Waals surface area contributed by atoms with Crippen LogP contribution in [0.3, 0.4) is 0 Å². The Labute approximate surface area is 73.5 Å². The van der Waals surface area contributed by atoms with Crippen LogP contribution in [0.5, 0.6) is 0 Å². The Hall–Kier alpha value is -1.09. The molecule has 0 aromatic rings. The molecule has 0 aromatic heterocycles. The minimum absolute atomic E-state index is 0.0238. The Morgan fingerprint density at radius 2 is 2.25 bits per heavy atom. The van der Waals surface area contributed by atoms with Crippen molar-refractivity contribution < 1.29 is 4.79 Å². The van der Waals surface area contributed by atoms with E-state index in [-0.39, 0.29) is 11.9 Å². The molecular formula is C9H16N2O. The molecule has 1 unspecified atom stereocenters. The first-order chi connectivity index (χ1) is 5.70. The van der Waals surface area contributed by atoms with E-state index < -0.39 is 0 Å². The van der Waals surface area contributed by atoms with Crippen molar-refractivity contribution in [2.24, 2.45) is 0 Å². The molecule has 0 saturated carbocycles. The average molecular weight is 168 g/mol. The van der Waals surface area contributed by atoms with Crippen LogP contribution >= 0.6 is 0 Å². The Bertz CT molecular complexity index is 166. The second kappa shape index (κ2) is 6.61. The van der Waals surface area contributed by atoms with E-state index in [2.05, 4.69) is 23.8 Å². The third-order valence-electron chi connectivity index (χ3n) is 1.32. The van der Waals surface area contributed by atoms with E-state index in [9.17, 15) is 4.79 Å². The molecular weight excluding hydrogens is 152 g/mol. The molecule has 1 atom stereocenters. The molecule has 3 nitrogen and oxygen atoms in total. The minimum atomic E-state index is -0.0238. The van der Waals surface area contributed by atoms with E-state index in [0.29, 0.717) is 13.1 Å². The SMILES string of the molecule is C=CCNCC(=O)NC(C)C=C. The van der Waals surface area contributed by atoms with Gasteiger partial charge in [-0.25, -0.2) is 0 Å². The van der Waals surface area contributed by atoms with Crippen LogP contribution in [0.4, 0.5) is 0 Å². The van der Waals surface area contributed by atoms with Gasteiger partial charge in [-0.05, 0) is 6.92 Å². The summed E-state index contributed by atoms with van der Waals surface area (Å²) in [7, 11) is 0. The van der Waals surface area contributed by atoms with Gasteiger partial charge in [0.25, 0.3) is 0 Å². The Kier molecular flexibility index (Phi) is 6.01. The number of carbonyl (C=O) groups is 1. The van der Waals surface area contributed by atoms with Gasteiger partial charge in [-0.1, -0.05) is 12.2 Å². The van der Waals surface area contributed by atoms with Crippen molar-refractivity contribution in [2.75, 3.05) is 13.1 Å². The largest absolute Gasteiger partial charge is 0.349 e. The van der Waals surface area contributed by atoms with Gasteiger partial charge in [0.15, 0.2) is 0 Å². The fraction of sp³-hybridized carbons (Fsp3) is 0.444. The lowest BCUT2D eigenvalue weighted by Crippen LogP contribution is -2.38. The number of hydrogen-bond donors (Lipinski definition) is 2. The predicted molar refractivity (Wildman–Crippen MR) is 50.9 cm³/mol. The van der Waals surface area contributed by atoms with E-state index in [1.54, 1.807) is 12.2 Å². The molecule has 0 spiro atoms. The standard InChI is InChI=1S/C9H16N2O/c1-4-6-10-7-9(12)11-8(3)5-2/h4-5,8,10H,1-2,6-7H2,3H3,(H,11,12). The van der Waals surface area contributed by atoms with E-state index in [1.807, 2.05) is 6.92 Å². The van der Waals surface area contributed by atoms with E-state index >= 15 is 0 Å². The summed E-state index contributed by atoms with van der Waals surface area (Å²) in [6.45, 7) is 9.93. The maximum Gasteiger partial charge on any atom is 0.234 e. The molecule has 0 fully saturated rings. The van der Waals surface area contributed by atoms with Crippen LogP contribution in [0.15, 0.2) is 25.3 Å². The molecule has 0 aliphatic carbocycles. The minimum Gasteiger partial charge on any atom is -0.349 e. The zero-order chi connectivity index (χ0) is 9.40. The molecule has 0 aromatic carbocycles. The highest BCUT2D eigenvalue weighted by Crippen LogP contribution is 1.79. The highest BCUT2D eigenvalue weighted by molar-refractivity contribution is 5.78. The van der Waals surface area contributed by atoms with Crippen molar-refractivity contribution in [2.45, 2.75) is 13.0 Å². The van der Waals surface area contributed by atoms with Crippen LogP contribution < -0.4 is 10.6 Å². The summed E-state index contributed by atoms with van der Waals surface area (Å²) in [4.78, 5) is 11.0. The summed E-state index contributed by atoms with van der Waals surface area (Å²) in [5.41, 5.74) is 0. The Balaban J connectivity index is 3.45. The normalized spacial score (nSPS) is 11.8. The zero-order valence-electron chi connectivity index (χ0n) is 7.47. The number of rotatable bonds is 6. The molecule has 0 aliphatic rings. The quantitative estimate of drug-likeness (QED) is 0.446. The van der Waals surface area contributed by atoms with Gasteiger partial charge in [-0.3, -0.25) is 4.79 Å². The van der Waals surface area contributed by atoms with Crippen LogP contribution in [0, 0.1) is 0 Å². The first-order valence-electron chi connectivity index (χ1n) is 3.94. The molecule has 0 radical (unpaired) electrons. The first kappa shape index (κ1) is 10.9. The van der Waals surface area contributed by atoms with E-state index in [0.717, 1.165) is 0 Å². The second-order valence-electron chi connectivity index (χ2n) is 2.51. The van der Waals surface area contributed by atoms with Gasteiger partial charge >= 0.3 is 0 Å². The summed E-state index contributed by atoms with van der Waals surface area (Å²) >= 11 is 0. The summed E-state index contributed by atoms with van der Waals surface area (Å²) in [5.74, 6) is -0.0238. The molecule has 68 valence electrons. The first-order valence-corrected chi connectivity index (χ1v) is 3.94. The molecule has 0 heterocycles. The number of hydrogen-bond acceptors (Lipinski definition) is 2. The molecule has 1 amide bonds. The highest BCUT2D eigenvalue weighted by atomic mass is 16.1. The highest BCUT2D eigenvalue weighted by Gasteiger charge is 2.01. The fourth-order valence-corrected chi connectivity index (χ4v) is 0.652. The summed E-state index contributed by atoms with van der Waals surface area (Å²) < 4.78 is 0. The lowest BCUT2D eigenvalue weighted by molar-refractivity contribution is -0.120. The molecule has 0 rings (SSSR count). The number of nitrogens with one attached hydrogen (secondary N) is 2. The summed E-state index contributed by atoms with van der Waals surface area (Å²) in [6.07, 6.45) is 3.40. The van der Waals surface area contributed by atoms with Crippen LogP contribution in [0.2, 0.25) is 0 Å². The van der Waals surface area contributed by atoms with E-state index in [4.69, 9.17) is 0 Å². The van der Waals surface area contributed by atoms with Gasteiger partial charge in [0.1, 0.15) is 0 Å². The summed E-state index contributed by atoms with van der Waals surface area (Å²) in [5, 5.41) is 5.63. The summed E-state index contributed by atoms with van der Waals surface area (Å²) in [6, 6.07) is 0.0306. The van der Waals surface area contributed by atoms with Gasteiger partial charge in [0, 0.05) is 12.6 Å². The molecule has 0 saturated heterocycles. The van der Waals surface area contributed by atoms with Crippen molar-refractivity contribution in [3.05, 3.63) is 25.3 Å². The van der Waals surface area contributed by atoms with Gasteiger partial charge < -0.3 is 10.6 Å². The predicted octanol–water partition coefficient (Wildman–Crippen LogP) is 0.453. The third kappa shape index (κ3) is 5.68. The average Bonchev–Trinajstić information content (AvgIpc) is 2.05. The lowest BCUT2D eigenvalue weighted by Gasteiger charge is -2.08. The van der Waals surface area contributed by atoms with Crippen molar-refractivity contribution in [3.8, 4) is 0 Å². The molecule has 2 N–H and O–H groups in total. The lowest BCUT2D eigenvalue weighted by atomic mass is 10.3. The number of amides is 1. The van der Waals surface area contributed by atoms with Crippen LogP contribution in [-0.2, 0) is 4.79 Å². The topological polar surface area (TPSA) is 41.1 Å². The second-order valence-corrected chi connectivity index (χ2v) is 2.51. The zero-order valence-corrected chi connectivity index (χ0v) is 7.47. The van der Waals surface area contributed by atoms with Crippen molar-refractivity contribution >= 4 is 5.91 Å². The third-order valence-corrected chi connectivity index (χ3v) is 1.32. The van der Waals surface area contributed by atoms with Gasteiger partial charge in [-0.2, -0.15) is 0 Å². The van der Waals surface area contributed by atoms with Crippen LogP contribution in [-0.4, -0.2) is 25.0 Å². The van der Waals surface area contributed by atoms with Gasteiger partial charge in [-0.15, -0.1) is 13.2 Å². The molecule has 0 aliphatic heterocycles. The molecule has 0 bridgehead atoms. The molecule has 3 heteroatoms. The monoisotopic (exact) mass is 168 g/mol. The van der Waals surface area contributed by atoms with Crippen molar-refractivity contribution in [1.29, 1.82) is 0 Å². The maximum atomic E-state index is 11.0.